The maximum atomic E-state index is 6.08. The summed E-state index contributed by atoms with van der Waals surface area (Å²) in [6, 6.07) is 8.52. The van der Waals surface area contributed by atoms with Crippen LogP contribution < -0.4 is 5.32 Å². The molecule has 0 bridgehead atoms. The predicted molar refractivity (Wildman–Crippen MR) is 90.4 cm³/mol. The summed E-state index contributed by atoms with van der Waals surface area (Å²) in [5, 5.41) is 5.74. The van der Waals surface area contributed by atoms with Gasteiger partial charge in [-0.3, -0.25) is 0 Å². The fraction of sp³-hybridized carbons (Fsp3) is 0.267. The number of aromatic nitrogens is 2. The molecule has 1 N–H and O–H groups in total. The molecule has 0 aliphatic carbocycles. The Balaban J connectivity index is 1.70. The van der Waals surface area contributed by atoms with Crippen LogP contribution in [0.25, 0.3) is 0 Å². The molecular formula is C15H16ClN3S2. The third kappa shape index (κ3) is 3.55. The maximum Gasteiger partial charge on any atom is 0.109 e. The first-order chi connectivity index (χ1) is 10.2. The average Bonchev–Trinajstić information content (AvgIpc) is 3.18. The Labute approximate surface area is 137 Å². The molecule has 3 nitrogen and oxygen atoms in total. The summed E-state index contributed by atoms with van der Waals surface area (Å²) in [7, 11) is 2.03. The summed E-state index contributed by atoms with van der Waals surface area (Å²) < 4.78 is 2.89. The second-order valence-corrected chi connectivity index (χ2v) is 7.47. The van der Waals surface area contributed by atoms with Crippen LogP contribution in [0.1, 0.15) is 21.6 Å². The van der Waals surface area contributed by atoms with Crippen molar-refractivity contribution >= 4 is 34.3 Å². The van der Waals surface area contributed by atoms with Crippen LogP contribution >= 0.6 is 34.3 Å². The SMILES string of the molecule is Cn1ccnc1CCNC(c1cccs1)c1ccc(Cl)s1. The number of hydrogen-bond acceptors (Lipinski definition) is 4. The number of rotatable bonds is 6. The van der Waals surface area contributed by atoms with Gasteiger partial charge in [0.25, 0.3) is 0 Å². The number of imidazole rings is 1. The lowest BCUT2D eigenvalue weighted by molar-refractivity contribution is 0.603. The molecule has 1 unspecified atom stereocenters. The Hall–Kier alpha value is -1.14. The Bertz CT molecular complexity index is 687. The molecule has 3 aromatic heterocycles. The number of hydrogen-bond donors (Lipinski definition) is 1. The van der Waals surface area contributed by atoms with Gasteiger partial charge in [0, 0.05) is 42.2 Å². The molecular weight excluding hydrogens is 322 g/mol. The van der Waals surface area contributed by atoms with Gasteiger partial charge < -0.3 is 9.88 Å². The molecule has 1 atom stereocenters. The summed E-state index contributed by atoms with van der Waals surface area (Å²) in [6.45, 7) is 0.878. The van der Waals surface area contributed by atoms with E-state index in [1.807, 2.05) is 25.5 Å². The Morgan fingerprint density at radius 2 is 2.24 bits per heavy atom. The van der Waals surface area contributed by atoms with E-state index in [9.17, 15) is 0 Å². The van der Waals surface area contributed by atoms with Crippen molar-refractivity contribution in [2.45, 2.75) is 12.5 Å². The average molecular weight is 338 g/mol. The first-order valence-electron chi connectivity index (χ1n) is 6.72. The zero-order valence-electron chi connectivity index (χ0n) is 11.6. The summed E-state index contributed by atoms with van der Waals surface area (Å²) in [5.74, 6) is 1.09. The molecule has 6 heteroatoms. The van der Waals surface area contributed by atoms with Crippen LogP contribution in [0.15, 0.2) is 42.0 Å². The zero-order valence-corrected chi connectivity index (χ0v) is 14.0. The first-order valence-corrected chi connectivity index (χ1v) is 8.79. The largest absolute Gasteiger partial charge is 0.338 e. The molecule has 3 rings (SSSR count). The van der Waals surface area contributed by atoms with E-state index in [0.717, 1.165) is 23.1 Å². The van der Waals surface area contributed by atoms with Crippen molar-refractivity contribution < 1.29 is 0 Å². The van der Waals surface area contributed by atoms with Crippen LogP contribution in [0.3, 0.4) is 0 Å². The minimum absolute atomic E-state index is 0.211. The van der Waals surface area contributed by atoms with Crippen molar-refractivity contribution in [3.8, 4) is 0 Å². The standard InChI is InChI=1S/C15H16ClN3S2/c1-19-9-8-17-14(19)6-7-18-15(11-3-2-10-20-11)12-4-5-13(16)21-12/h2-5,8-10,15,18H,6-7H2,1H3. The maximum absolute atomic E-state index is 6.08. The highest BCUT2D eigenvalue weighted by Gasteiger charge is 2.16. The molecule has 0 saturated carbocycles. The second-order valence-electron chi connectivity index (χ2n) is 4.75. The monoisotopic (exact) mass is 337 g/mol. The van der Waals surface area contributed by atoms with Crippen molar-refractivity contribution in [2.24, 2.45) is 7.05 Å². The smallest absolute Gasteiger partial charge is 0.109 e. The molecule has 0 aliphatic heterocycles. The molecule has 0 fully saturated rings. The van der Waals surface area contributed by atoms with E-state index >= 15 is 0 Å². The Morgan fingerprint density at radius 3 is 2.86 bits per heavy atom. The third-order valence-electron chi connectivity index (χ3n) is 3.32. The predicted octanol–water partition coefficient (Wildman–Crippen LogP) is 4.12. The number of nitrogens with zero attached hydrogens (tertiary/aromatic N) is 2. The quantitative estimate of drug-likeness (QED) is 0.733. The molecule has 3 heterocycles. The third-order valence-corrected chi connectivity index (χ3v) is 5.56. The van der Waals surface area contributed by atoms with Crippen LogP contribution in [-0.2, 0) is 13.5 Å². The molecule has 0 aliphatic rings. The van der Waals surface area contributed by atoms with Gasteiger partial charge in [0.05, 0.1) is 10.4 Å². The number of aryl methyl sites for hydroxylation is 1. The molecule has 0 amide bonds. The van der Waals surface area contributed by atoms with Crippen LogP contribution in [0, 0.1) is 0 Å². The highest BCUT2D eigenvalue weighted by atomic mass is 35.5. The second kappa shape index (κ2) is 6.75. The topological polar surface area (TPSA) is 29.9 Å². The molecule has 0 radical (unpaired) electrons. The lowest BCUT2D eigenvalue weighted by Crippen LogP contribution is -2.24. The summed E-state index contributed by atoms with van der Waals surface area (Å²) in [6.07, 6.45) is 4.72. The van der Waals surface area contributed by atoms with Gasteiger partial charge in [0.2, 0.25) is 0 Å². The molecule has 3 aromatic rings. The highest BCUT2D eigenvalue weighted by Crippen LogP contribution is 2.32. The molecule has 0 spiro atoms. The first kappa shape index (κ1) is 14.8. The van der Waals surface area contributed by atoms with Gasteiger partial charge in [-0.15, -0.1) is 22.7 Å². The highest BCUT2D eigenvalue weighted by molar-refractivity contribution is 7.16. The fourth-order valence-electron chi connectivity index (χ4n) is 2.25. The molecule has 0 saturated heterocycles. The van der Waals surface area contributed by atoms with Gasteiger partial charge in [-0.05, 0) is 23.6 Å². The van der Waals surface area contributed by atoms with Crippen molar-refractivity contribution in [3.05, 3.63) is 62.0 Å². The van der Waals surface area contributed by atoms with Crippen molar-refractivity contribution in [3.63, 3.8) is 0 Å². The van der Waals surface area contributed by atoms with Gasteiger partial charge in [-0.2, -0.15) is 0 Å². The van der Waals surface area contributed by atoms with Gasteiger partial charge in [0.15, 0.2) is 0 Å². The van der Waals surface area contributed by atoms with Crippen molar-refractivity contribution in [2.75, 3.05) is 6.54 Å². The molecule has 110 valence electrons. The van der Waals surface area contributed by atoms with Crippen LogP contribution in [-0.4, -0.2) is 16.1 Å². The lowest BCUT2D eigenvalue weighted by atomic mass is 10.2. The minimum Gasteiger partial charge on any atom is -0.338 e. The van der Waals surface area contributed by atoms with Gasteiger partial charge >= 0.3 is 0 Å². The Kier molecular flexibility index (Phi) is 4.75. The number of halogens is 1. The van der Waals surface area contributed by atoms with E-state index in [0.29, 0.717) is 0 Å². The van der Waals surface area contributed by atoms with Crippen LogP contribution in [0.5, 0.6) is 0 Å². The number of thiophene rings is 2. The van der Waals surface area contributed by atoms with E-state index in [2.05, 4.69) is 38.4 Å². The van der Waals surface area contributed by atoms with E-state index in [4.69, 9.17) is 11.6 Å². The molecule has 0 aromatic carbocycles. The van der Waals surface area contributed by atoms with Crippen molar-refractivity contribution in [1.29, 1.82) is 0 Å². The summed E-state index contributed by atoms with van der Waals surface area (Å²) in [4.78, 5) is 6.92. The van der Waals surface area contributed by atoms with Gasteiger partial charge in [0.1, 0.15) is 5.82 Å². The summed E-state index contributed by atoms with van der Waals surface area (Å²) in [5.41, 5.74) is 0. The zero-order chi connectivity index (χ0) is 14.7. The Morgan fingerprint density at radius 1 is 1.33 bits per heavy atom. The normalized spacial score (nSPS) is 12.7. The summed E-state index contributed by atoms with van der Waals surface area (Å²) >= 11 is 9.48. The minimum atomic E-state index is 0.211. The lowest BCUT2D eigenvalue weighted by Gasteiger charge is -2.16. The van der Waals surface area contributed by atoms with Crippen molar-refractivity contribution in [1.82, 2.24) is 14.9 Å². The van der Waals surface area contributed by atoms with Crippen LogP contribution in [0.4, 0.5) is 0 Å². The van der Waals surface area contributed by atoms with E-state index in [1.54, 1.807) is 22.7 Å². The fourth-order valence-corrected chi connectivity index (χ4v) is 4.29. The van der Waals surface area contributed by atoms with E-state index in [1.165, 1.54) is 9.75 Å². The van der Waals surface area contributed by atoms with Gasteiger partial charge in [-0.25, -0.2) is 4.98 Å². The van der Waals surface area contributed by atoms with Gasteiger partial charge in [-0.1, -0.05) is 17.7 Å². The van der Waals surface area contributed by atoms with Crippen LogP contribution in [0.2, 0.25) is 4.34 Å². The van der Waals surface area contributed by atoms with E-state index in [-0.39, 0.29) is 6.04 Å². The number of nitrogens with one attached hydrogen (secondary N) is 1. The van der Waals surface area contributed by atoms with E-state index < -0.39 is 0 Å². The molecule has 21 heavy (non-hydrogen) atoms.